The van der Waals surface area contributed by atoms with Crippen LogP contribution < -0.4 is 34.7 Å². The van der Waals surface area contributed by atoms with Crippen molar-refractivity contribution in [1.82, 2.24) is 0 Å². The van der Waals surface area contributed by atoms with Crippen molar-refractivity contribution in [3.8, 4) is 11.1 Å². The molecule has 19 heavy (non-hydrogen) atoms. The zero-order valence-electron chi connectivity index (χ0n) is 10.9. The second kappa shape index (κ2) is 6.85. The third-order valence-electron chi connectivity index (χ3n) is 2.92. The standard InChI is InChI=1S/C15H13FO2.Na/c1-10-12(9-14(17)18)7-8-13(15(10)16)11-5-3-2-4-6-11;/h2-8H,9H2,1H3,(H,17,18);/q;+1/p-1. The molecule has 2 rings (SSSR count). The van der Waals surface area contributed by atoms with Gasteiger partial charge in [-0.2, -0.15) is 0 Å². The van der Waals surface area contributed by atoms with Gasteiger partial charge >= 0.3 is 29.6 Å². The maximum absolute atomic E-state index is 14.2. The zero-order valence-corrected chi connectivity index (χ0v) is 12.9. The minimum absolute atomic E-state index is 0. The van der Waals surface area contributed by atoms with Gasteiger partial charge in [0.25, 0.3) is 0 Å². The number of carbonyl (C=O) groups excluding carboxylic acids is 1. The number of halogens is 1. The van der Waals surface area contributed by atoms with Gasteiger partial charge in [0.15, 0.2) is 0 Å². The third kappa shape index (κ3) is 3.66. The van der Waals surface area contributed by atoms with Crippen LogP contribution >= 0.6 is 0 Å². The first kappa shape index (κ1) is 15.9. The van der Waals surface area contributed by atoms with Gasteiger partial charge in [-0.1, -0.05) is 42.5 Å². The van der Waals surface area contributed by atoms with E-state index < -0.39 is 5.97 Å². The van der Waals surface area contributed by atoms with Crippen LogP contribution in [0.5, 0.6) is 0 Å². The van der Waals surface area contributed by atoms with E-state index in [1.165, 1.54) is 0 Å². The smallest absolute Gasteiger partial charge is 0.550 e. The number of carbonyl (C=O) groups is 1. The summed E-state index contributed by atoms with van der Waals surface area (Å²) in [6.45, 7) is 1.58. The van der Waals surface area contributed by atoms with Crippen LogP contribution in [0.4, 0.5) is 4.39 Å². The summed E-state index contributed by atoms with van der Waals surface area (Å²) < 4.78 is 14.2. The van der Waals surface area contributed by atoms with Crippen molar-refractivity contribution in [2.45, 2.75) is 13.3 Å². The van der Waals surface area contributed by atoms with E-state index in [1.807, 2.05) is 30.3 Å². The van der Waals surface area contributed by atoms with Gasteiger partial charge in [0, 0.05) is 18.0 Å². The second-order valence-electron chi connectivity index (χ2n) is 4.13. The van der Waals surface area contributed by atoms with Crippen molar-refractivity contribution in [3.63, 3.8) is 0 Å². The van der Waals surface area contributed by atoms with Crippen molar-refractivity contribution < 1.29 is 43.8 Å². The van der Waals surface area contributed by atoms with Gasteiger partial charge in [0.2, 0.25) is 0 Å². The van der Waals surface area contributed by atoms with Crippen LogP contribution in [0.1, 0.15) is 11.1 Å². The van der Waals surface area contributed by atoms with Gasteiger partial charge in [0.05, 0.1) is 0 Å². The van der Waals surface area contributed by atoms with E-state index in [1.54, 1.807) is 19.1 Å². The maximum Gasteiger partial charge on any atom is 1.00 e. The van der Waals surface area contributed by atoms with Crippen LogP contribution in [-0.2, 0) is 11.2 Å². The molecule has 0 aliphatic heterocycles. The summed E-state index contributed by atoms with van der Waals surface area (Å²) >= 11 is 0. The Hall–Kier alpha value is -1.16. The largest absolute Gasteiger partial charge is 1.00 e. The second-order valence-corrected chi connectivity index (χ2v) is 4.13. The van der Waals surface area contributed by atoms with Gasteiger partial charge in [-0.25, -0.2) is 4.39 Å². The number of carboxylic acid groups (broad SMARTS) is 1. The molecule has 0 amide bonds. The molecule has 0 saturated carbocycles. The number of aliphatic carboxylic acids is 1. The van der Waals surface area contributed by atoms with Gasteiger partial charge in [-0.05, 0) is 23.6 Å². The average Bonchev–Trinajstić information content (AvgIpc) is 2.36. The molecule has 0 radical (unpaired) electrons. The SMILES string of the molecule is Cc1c(CC(=O)[O-])ccc(-c2ccccc2)c1F.[Na+]. The van der Waals surface area contributed by atoms with Crippen LogP contribution in [0.25, 0.3) is 11.1 Å². The first-order chi connectivity index (χ1) is 8.59. The van der Waals surface area contributed by atoms with E-state index in [9.17, 15) is 14.3 Å². The Labute approximate surface area is 133 Å². The summed E-state index contributed by atoms with van der Waals surface area (Å²) in [4.78, 5) is 10.6. The van der Waals surface area contributed by atoms with E-state index in [-0.39, 0.29) is 41.8 Å². The molecular weight excluding hydrogens is 254 g/mol. The Morgan fingerprint density at radius 2 is 1.79 bits per heavy atom. The molecule has 0 N–H and O–H groups in total. The molecule has 0 aliphatic rings. The van der Waals surface area contributed by atoms with Gasteiger partial charge < -0.3 is 9.90 Å². The molecule has 92 valence electrons. The zero-order chi connectivity index (χ0) is 13.1. The van der Waals surface area contributed by atoms with Crippen LogP contribution in [-0.4, -0.2) is 5.97 Å². The van der Waals surface area contributed by atoms with E-state index in [4.69, 9.17) is 0 Å². The summed E-state index contributed by atoms with van der Waals surface area (Å²) in [6, 6.07) is 12.4. The fourth-order valence-electron chi connectivity index (χ4n) is 1.91. The number of hydrogen-bond acceptors (Lipinski definition) is 2. The van der Waals surface area contributed by atoms with E-state index in [2.05, 4.69) is 0 Å². The third-order valence-corrected chi connectivity index (χ3v) is 2.92. The predicted octanol–water partition coefficient (Wildman–Crippen LogP) is -0.902. The Kier molecular flexibility index (Phi) is 5.73. The summed E-state index contributed by atoms with van der Waals surface area (Å²) in [5, 5.41) is 10.6. The number of hydrogen-bond donors (Lipinski definition) is 0. The van der Waals surface area contributed by atoms with Gasteiger partial charge in [0.1, 0.15) is 5.82 Å². The van der Waals surface area contributed by atoms with E-state index >= 15 is 0 Å². The van der Waals surface area contributed by atoms with Crippen LogP contribution in [0.2, 0.25) is 0 Å². The Balaban J connectivity index is 0.00000180. The Morgan fingerprint density at radius 3 is 2.37 bits per heavy atom. The van der Waals surface area contributed by atoms with E-state index in [0.717, 1.165) is 5.56 Å². The fraction of sp³-hybridized carbons (Fsp3) is 0.133. The van der Waals surface area contributed by atoms with E-state index in [0.29, 0.717) is 16.7 Å². The fourth-order valence-corrected chi connectivity index (χ4v) is 1.91. The van der Waals surface area contributed by atoms with Crippen molar-refractivity contribution in [2.24, 2.45) is 0 Å². The molecule has 0 atom stereocenters. The molecule has 0 fully saturated rings. The maximum atomic E-state index is 14.2. The number of rotatable bonds is 3. The molecule has 2 aromatic rings. The predicted molar refractivity (Wildman–Crippen MR) is 65.3 cm³/mol. The minimum atomic E-state index is -1.20. The molecule has 4 heteroatoms. The van der Waals surface area contributed by atoms with Crippen molar-refractivity contribution in [1.29, 1.82) is 0 Å². The molecule has 0 bridgehead atoms. The molecular formula is C15H12FNaO2. The summed E-state index contributed by atoms with van der Waals surface area (Å²) in [5.41, 5.74) is 2.07. The molecule has 0 unspecified atom stereocenters. The van der Waals surface area contributed by atoms with Crippen molar-refractivity contribution in [3.05, 3.63) is 59.4 Å². The molecule has 2 aromatic carbocycles. The Morgan fingerprint density at radius 1 is 1.16 bits per heavy atom. The minimum Gasteiger partial charge on any atom is -0.550 e. The quantitative estimate of drug-likeness (QED) is 0.675. The molecule has 0 aliphatic carbocycles. The molecule has 2 nitrogen and oxygen atoms in total. The van der Waals surface area contributed by atoms with Crippen LogP contribution in [0, 0.1) is 12.7 Å². The summed E-state index contributed by atoms with van der Waals surface area (Å²) in [6.07, 6.45) is -0.266. The van der Waals surface area contributed by atoms with Gasteiger partial charge in [-0.15, -0.1) is 0 Å². The Bertz CT molecular complexity index is 582. The normalized spacial score (nSPS) is 9.79. The molecule has 0 saturated heterocycles. The van der Waals surface area contributed by atoms with Crippen LogP contribution in [0.3, 0.4) is 0 Å². The van der Waals surface area contributed by atoms with Crippen molar-refractivity contribution in [2.75, 3.05) is 0 Å². The molecule has 0 spiro atoms. The molecule has 0 aromatic heterocycles. The van der Waals surface area contributed by atoms with Crippen LogP contribution in [0.15, 0.2) is 42.5 Å². The number of benzene rings is 2. The van der Waals surface area contributed by atoms with Crippen molar-refractivity contribution >= 4 is 5.97 Å². The number of carboxylic acids is 1. The first-order valence-corrected chi connectivity index (χ1v) is 5.63. The monoisotopic (exact) mass is 266 g/mol. The summed E-state index contributed by atoms with van der Waals surface area (Å²) in [5.74, 6) is -1.58. The topological polar surface area (TPSA) is 40.1 Å². The van der Waals surface area contributed by atoms with Gasteiger partial charge in [-0.3, -0.25) is 0 Å². The first-order valence-electron chi connectivity index (χ1n) is 5.63. The molecule has 0 heterocycles. The average molecular weight is 266 g/mol. The summed E-state index contributed by atoms with van der Waals surface area (Å²) in [7, 11) is 0.